The Balaban J connectivity index is 2.11. The fraction of sp³-hybridized carbons (Fsp3) is 0.550. The molecule has 0 aromatic heterocycles. The van der Waals surface area contributed by atoms with Crippen LogP contribution in [0.25, 0.3) is 0 Å². The van der Waals surface area contributed by atoms with Gasteiger partial charge in [-0.15, -0.1) is 0 Å². The first-order valence-corrected chi connectivity index (χ1v) is 9.89. The molecule has 6 N–H and O–H groups in total. The second-order valence-corrected chi connectivity index (χ2v) is 7.03. The number of hydrogen-bond acceptors (Lipinski definition) is 6. The van der Waals surface area contributed by atoms with Gasteiger partial charge in [-0.2, -0.15) is 0 Å². The number of carboxylic acids is 1. The number of aliphatic carboxylic acids is 1. The minimum Gasteiger partial charge on any atom is -0.479 e. The zero-order valence-electron chi connectivity index (χ0n) is 16.5. The monoisotopic (exact) mass is 406 g/mol. The van der Waals surface area contributed by atoms with Crippen LogP contribution in [0.4, 0.5) is 0 Å². The number of carboxylic acid groups (broad SMARTS) is 1. The highest BCUT2D eigenvalue weighted by Crippen LogP contribution is 2.22. The molecule has 0 unspecified atom stereocenters. The van der Waals surface area contributed by atoms with Crippen molar-refractivity contribution in [3.05, 3.63) is 35.9 Å². The van der Waals surface area contributed by atoms with Gasteiger partial charge in [0.2, 0.25) is 5.91 Å². The summed E-state index contributed by atoms with van der Waals surface area (Å²) >= 11 is 0. The molecule has 1 saturated heterocycles. The Morgan fingerprint density at radius 3 is 2.28 bits per heavy atom. The van der Waals surface area contributed by atoms with E-state index in [4.69, 9.17) is 21.3 Å². The van der Waals surface area contributed by atoms with Crippen molar-refractivity contribution >= 4 is 17.8 Å². The van der Waals surface area contributed by atoms with Crippen LogP contribution in [0.5, 0.6) is 0 Å². The van der Waals surface area contributed by atoms with Crippen molar-refractivity contribution in [1.82, 2.24) is 10.2 Å². The first-order valence-electron chi connectivity index (χ1n) is 9.89. The number of amides is 2. The van der Waals surface area contributed by atoms with Gasteiger partial charge in [-0.1, -0.05) is 30.3 Å². The molecule has 1 aliphatic rings. The summed E-state index contributed by atoms with van der Waals surface area (Å²) in [4.78, 5) is 38.3. The fourth-order valence-electron chi connectivity index (χ4n) is 3.09. The topological polar surface area (TPSA) is 151 Å². The second kappa shape index (κ2) is 11.5. The summed E-state index contributed by atoms with van der Waals surface area (Å²) in [5.41, 5.74) is 12.0. The van der Waals surface area contributed by atoms with E-state index in [1.807, 2.05) is 30.3 Å². The summed E-state index contributed by atoms with van der Waals surface area (Å²) in [7, 11) is 0. The van der Waals surface area contributed by atoms with Crippen LogP contribution in [0.1, 0.15) is 24.8 Å². The lowest BCUT2D eigenvalue weighted by Gasteiger charge is -2.28. The molecule has 0 bridgehead atoms. The summed E-state index contributed by atoms with van der Waals surface area (Å²) < 4.78 is 4.91. The molecule has 1 fully saturated rings. The third-order valence-corrected chi connectivity index (χ3v) is 4.72. The summed E-state index contributed by atoms with van der Waals surface area (Å²) in [5.74, 6) is -2.00. The maximum absolute atomic E-state index is 13.2. The van der Waals surface area contributed by atoms with E-state index >= 15 is 0 Å². The number of ether oxygens (including phenoxy) is 1. The van der Waals surface area contributed by atoms with E-state index in [9.17, 15) is 14.4 Å². The molecule has 0 aliphatic carbocycles. The van der Waals surface area contributed by atoms with Crippen LogP contribution in [-0.4, -0.2) is 72.2 Å². The first-order chi connectivity index (χ1) is 14.0. The van der Waals surface area contributed by atoms with Gasteiger partial charge in [0.05, 0.1) is 0 Å². The van der Waals surface area contributed by atoms with Crippen LogP contribution in [0.2, 0.25) is 0 Å². The molecule has 0 spiro atoms. The molecule has 1 heterocycles. The van der Waals surface area contributed by atoms with Crippen LogP contribution in [-0.2, 0) is 25.5 Å². The van der Waals surface area contributed by atoms with Crippen molar-refractivity contribution in [3.8, 4) is 0 Å². The van der Waals surface area contributed by atoms with Crippen molar-refractivity contribution in [1.29, 1.82) is 0 Å². The lowest BCUT2D eigenvalue weighted by atomic mass is 10.0. The van der Waals surface area contributed by atoms with Gasteiger partial charge in [0.1, 0.15) is 6.04 Å². The summed E-state index contributed by atoms with van der Waals surface area (Å²) in [6.45, 7) is 2.00. The number of rotatable bonds is 13. The number of carbonyl (C=O) groups is 3. The molecule has 160 valence electrons. The number of epoxide rings is 1. The van der Waals surface area contributed by atoms with Crippen LogP contribution >= 0.6 is 0 Å². The van der Waals surface area contributed by atoms with Crippen molar-refractivity contribution in [2.75, 3.05) is 26.2 Å². The largest absolute Gasteiger partial charge is 0.479 e. The molecule has 2 amide bonds. The van der Waals surface area contributed by atoms with Gasteiger partial charge in [-0.05, 0) is 37.9 Å². The third kappa shape index (κ3) is 7.12. The van der Waals surface area contributed by atoms with Gasteiger partial charge in [0.25, 0.3) is 5.91 Å². The van der Waals surface area contributed by atoms with Gasteiger partial charge in [0, 0.05) is 19.5 Å². The zero-order valence-corrected chi connectivity index (χ0v) is 16.5. The van der Waals surface area contributed by atoms with Crippen LogP contribution in [0, 0.1) is 0 Å². The Kier molecular flexibility index (Phi) is 9.04. The number of nitrogens with one attached hydrogen (secondary N) is 1. The number of hydrogen-bond donors (Lipinski definition) is 4. The Hall–Kier alpha value is -2.49. The molecule has 1 aromatic carbocycles. The van der Waals surface area contributed by atoms with E-state index < -0.39 is 30.1 Å². The maximum atomic E-state index is 13.2. The molecule has 9 heteroatoms. The van der Waals surface area contributed by atoms with Gasteiger partial charge in [-0.25, -0.2) is 4.79 Å². The van der Waals surface area contributed by atoms with E-state index in [2.05, 4.69) is 5.32 Å². The molecule has 9 nitrogen and oxygen atoms in total. The van der Waals surface area contributed by atoms with E-state index in [0.29, 0.717) is 39.0 Å². The lowest BCUT2D eigenvalue weighted by Crippen LogP contribution is -2.51. The third-order valence-electron chi connectivity index (χ3n) is 4.72. The predicted octanol–water partition coefficient (Wildman–Crippen LogP) is -0.518. The number of benzene rings is 1. The minimum atomic E-state index is -1.19. The molecule has 3 atom stereocenters. The summed E-state index contributed by atoms with van der Waals surface area (Å²) in [5, 5.41) is 11.6. The number of unbranched alkanes of at least 4 members (excludes halogenated alkanes) is 1. The quantitative estimate of drug-likeness (QED) is 0.254. The number of nitrogens with zero attached hydrogens (tertiary/aromatic N) is 1. The number of nitrogens with two attached hydrogens (primary N) is 2. The Labute approximate surface area is 170 Å². The van der Waals surface area contributed by atoms with E-state index in [0.717, 1.165) is 18.4 Å². The molecule has 0 radical (unpaired) electrons. The highest BCUT2D eigenvalue weighted by atomic mass is 16.6. The maximum Gasteiger partial charge on any atom is 0.336 e. The van der Waals surface area contributed by atoms with Crippen LogP contribution in [0.15, 0.2) is 30.3 Å². The zero-order chi connectivity index (χ0) is 21.2. The molecule has 1 aliphatic heterocycles. The van der Waals surface area contributed by atoms with E-state index in [1.165, 1.54) is 0 Å². The SMILES string of the molecule is NCCCCN(CCCN)C(=O)[C@H](Cc1ccccc1)NC(=O)[C@H]1O[C@@H]1C(=O)O. The van der Waals surface area contributed by atoms with Crippen molar-refractivity contribution in [2.24, 2.45) is 11.5 Å². The molecule has 1 aromatic rings. The normalized spacial score (nSPS) is 18.7. The first kappa shape index (κ1) is 22.8. The van der Waals surface area contributed by atoms with Gasteiger partial charge in [-0.3, -0.25) is 9.59 Å². The van der Waals surface area contributed by atoms with Crippen molar-refractivity contribution in [2.45, 2.75) is 43.9 Å². The minimum absolute atomic E-state index is 0.222. The van der Waals surface area contributed by atoms with E-state index in [1.54, 1.807) is 4.90 Å². The van der Waals surface area contributed by atoms with Crippen molar-refractivity contribution < 1.29 is 24.2 Å². The van der Waals surface area contributed by atoms with Crippen molar-refractivity contribution in [3.63, 3.8) is 0 Å². The summed E-state index contributed by atoms with van der Waals surface area (Å²) in [6, 6.07) is 8.51. The Bertz CT molecular complexity index is 685. The predicted molar refractivity (Wildman–Crippen MR) is 107 cm³/mol. The molecular formula is C20H30N4O5. The average molecular weight is 406 g/mol. The lowest BCUT2D eigenvalue weighted by molar-refractivity contribution is -0.138. The van der Waals surface area contributed by atoms with Gasteiger partial charge in [0.15, 0.2) is 12.2 Å². The van der Waals surface area contributed by atoms with Crippen LogP contribution < -0.4 is 16.8 Å². The number of carbonyl (C=O) groups excluding carboxylic acids is 2. The highest BCUT2D eigenvalue weighted by molar-refractivity contribution is 5.95. The van der Waals surface area contributed by atoms with Gasteiger partial charge >= 0.3 is 5.97 Å². The summed E-state index contributed by atoms with van der Waals surface area (Å²) in [6.07, 6.45) is 0.275. The molecular weight excluding hydrogens is 376 g/mol. The molecule has 2 rings (SSSR count). The fourth-order valence-corrected chi connectivity index (χ4v) is 3.09. The van der Waals surface area contributed by atoms with Gasteiger partial charge < -0.3 is 31.5 Å². The molecule has 0 saturated carbocycles. The Morgan fingerprint density at radius 1 is 1.03 bits per heavy atom. The average Bonchev–Trinajstić information content (AvgIpc) is 3.52. The van der Waals surface area contributed by atoms with Crippen LogP contribution in [0.3, 0.4) is 0 Å². The second-order valence-electron chi connectivity index (χ2n) is 7.03. The smallest absolute Gasteiger partial charge is 0.336 e. The standard InChI is InChI=1S/C20H30N4O5/c21-9-4-5-11-24(12-6-10-22)19(26)15(13-14-7-2-1-3-8-14)23-18(25)16-17(29-16)20(27)28/h1-3,7-8,15-17H,4-6,9-13,21-22H2,(H,23,25)(H,27,28)/t15-,16-,17-/m0/s1. The van der Waals surface area contributed by atoms with E-state index in [-0.39, 0.29) is 5.91 Å². The highest BCUT2D eigenvalue weighted by Gasteiger charge is 2.51. The molecule has 29 heavy (non-hydrogen) atoms. The Morgan fingerprint density at radius 2 is 1.69 bits per heavy atom.